The number of carbonyl (C=O) groups is 1. The van der Waals surface area contributed by atoms with Gasteiger partial charge in [0.05, 0.1) is 6.04 Å². The number of carbonyl (C=O) groups excluding carboxylic acids is 1. The van der Waals surface area contributed by atoms with Crippen LogP contribution in [0.1, 0.15) is 41.4 Å². The lowest BCUT2D eigenvalue weighted by Gasteiger charge is -2.23. The minimum Gasteiger partial charge on any atom is -0.346 e. The zero-order chi connectivity index (χ0) is 19.2. The number of nitrogens with one attached hydrogen (secondary N) is 1. The van der Waals surface area contributed by atoms with E-state index in [2.05, 4.69) is 47.2 Å². The molecule has 0 radical (unpaired) electrons. The molecule has 0 saturated carbocycles. The highest BCUT2D eigenvalue weighted by Gasteiger charge is 2.15. The van der Waals surface area contributed by atoms with E-state index < -0.39 is 0 Å². The van der Waals surface area contributed by atoms with Gasteiger partial charge in [-0.15, -0.1) is 0 Å². The van der Waals surface area contributed by atoms with Crippen molar-refractivity contribution in [1.29, 1.82) is 0 Å². The predicted octanol–water partition coefficient (Wildman–Crippen LogP) is 5.04. The second-order valence-electron chi connectivity index (χ2n) is 6.59. The van der Waals surface area contributed by atoms with Crippen LogP contribution in [0.4, 0.5) is 11.5 Å². The quantitative estimate of drug-likeness (QED) is 0.671. The summed E-state index contributed by atoms with van der Waals surface area (Å²) in [4.78, 5) is 19.3. The number of hydrogen-bond acceptors (Lipinski definition) is 3. The van der Waals surface area contributed by atoms with E-state index in [1.54, 1.807) is 12.3 Å². The van der Waals surface area contributed by atoms with Crippen LogP contribution in [-0.2, 0) is 0 Å². The summed E-state index contributed by atoms with van der Waals surface area (Å²) in [6.07, 6.45) is 1.69. The lowest BCUT2D eigenvalue weighted by molar-refractivity contribution is 0.0940. The van der Waals surface area contributed by atoms with Crippen molar-refractivity contribution >= 4 is 17.4 Å². The minimum atomic E-state index is -0.102. The summed E-state index contributed by atoms with van der Waals surface area (Å²) in [7, 11) is 0. The largest absolute Gasteiger partial charge is 0.346 e. The zero-order valence-electron chi connectivity index (χ0n) is 16.0. The Balaban J connectivity index is 1.81. The van der Waals surface area contributed by atoms with Crippen molar-refractivity contribution in [2.45, 2.75) is 26.8 Å². The summed E-state index contributed by atoms with van der Waals surface area (Å²) in [6, 6.07) is 21.8. The zero-order valence-corrected chi connectivity index (χ0v) is 16.0. The van der Waals surface area contributed by atoms with E-state index in [1.165, 1.54) is 5.56 Å². The maximum atomic E-state index is 12.7. The highest BCUT2D eigenvalue weighted by Crippen LogP contribution is 2.25. The molecule has 4 heteroatoms. The number of aromatic nitrogens is 1. The number of amides is 1. The standard InChI is InChI=1S/C23H25N3O/c1-4-26(21-12-8-9-17(2)15-21)22-16-20(13-14-24-22)23(27)25-18(3)19-10-6-5-7-11-19/h5-16,18H,4H2,1-3H3,(H,25,27). The first-order valence-electron chi connectivity index (χ1n) is 9.24. The summed E-state index contributed by atoms with van der Waals surface area (Å²) in [6.45, 7) is 6.90. The summed E-state index contributed by atoms with van der Waals surface area (Å²) < 4.78 is 0. The second-order valence-corrected chi connectivity index (χ2v) is 6.59. The van der Waals surface area contributed by atoms with Gasteiger partial charge in [0, 0.05) is 24.0 Å². The number of pyridine rings is 1. The van der Waals surface area contributed by atoms with Gasteiger partial charge in [0.2, 0.25) is 0 Å². The third-order valence-corrected chi connectivity index (χ3v) is 4.56. The molecule has 0 aliphatic heterocycles. The Labute approximate surface area is 160 Å². The van der Waals surface area contributed by atoms with Crippen molar-refractivity contribution in [2.75, 3.05) is 11.4 Å². The molecule has 4 nitrogen and oxygen atoms in total. The monoisotopic (exact) mass is 359 g/mol. The Kier molecular flexibility index (Phi) is 5.87. The molecule has 0 aliphatic carbocycles. The van der Waals surface area contributed by atoms with Crippen molar-refractivity contribution in [2.24, 2.45) is 0 Å². The smallest absolute Gasteiger partial charge is 0.251 e. The van der Waals surface area contributed by atoms with Gasteiger partial charge < -0.3 is 10.2 Å². The number of hydrogen-bond donors (Lipinski definition) is 1. The third-order valence-electron chi connectivity index (χ3n) is 4.56. The molecule has 3 rings (SSSR count). The number of aryl methyl sites for hydroxylation is 1. The molecule has 1 aromatic heterocycles. The first-order chi connectivity index (χ1) is 13.1. The topological polar surface area (TPSA) is 45.2 Å². The molecule has 0 spiro atoms. The average Bonchev–Trinajstić information content (AvgIpc) is 2.69. The number of benzene rings is 2. The normalized spacial score (nSPS) is 11.7. The van der Waals surface area contributed by atoms with Crippen LogP contribution < -0.4 is 10.2 Å². The van der Waals surface area contributed by atoms with Gasteiger partial charge in [-0.05, 0) is 56.2 Å². The van der Waals surface area contributed by atoms with E-state index in [-0.39, 0.29) is 11.9 Å². The first-order valence-corrected chi connectivity index (χ1v) is 9.24. The molecular weight excluding hydrogens is 334 g/mol. The molecule has 1 N–H and O–H groups in total. The summed E-state index contributed by atoms with van der Waals surface area (Å²) in [5.41, 5.74) is 3.95. The van der Waals surface area contributed by atoms with Crippen LogP contribution in [0.2, 0.25) is 0 Å². The molecule has 3 aromatic rings. The highest BCUT2D eigenvalue weighted by molar-refractivity contribution is 5.95. The number of anilines is 2. The lowest BCUT2D eigenvalue weighted by Crippen LogP contribution is -2.27. The van der Waals surface area contributed by atoms with Crippen molar-refractivity contribution < 1.29 is 4.79 Å². The molecule has 2 aromatic carbocycles. The summed E-state index contributed by atoms with van der Waals surface area (Å²) in [5, 5.41) is 3.06. The Morgan fingerprint density at radius 2 is 1.85 bits per heavy atom. The molecule has 0 aliphatic rings. The fourth-order valence-electron chi connectivity index (χ4n) is 3.08. The van der Waals surface area contributed by atoms with Gasteiger partial charge in [-0.25, -0.2) is 4.98 Å². The van der Waals surface area contributed by atoms with Gasteiger partial charge in [0.25, 0.3) is 5.91 Å². The van der Waals surface area contributed by atoms with Crippen LogP contribution in [-0.4, -0.2) is 17.4 Å². The van der Waals surface area contributed by atoms with E-state index in [0.717, 1.165) is 23.6 Å². The van der Waals surface area contributed by atoms with E-state index in [4.69, 9.17) is 0 Å². The van der Waals surface area contributed by atoms with E-state index in [9.17, 15) is 4.79 Å². The SMILES string of the molecule is CCN(c1cccc(C)c1)c1cc(C(=O)NC(C)c2ccccc2)ccn1. The highest BCUT2D eigenvalue weighted by atomic mass is 16.1. The molecule has 1 amide bonds. The Morgan fingerprint density at radius 1 is 1.07 bits per heavy atom. The first kappa shape index (κ1) is 18.6. The average molecular weight is 359 g/mol. The second kappa shape index (κ2) is 8.49. The molecule has 0 fully saturated rings. The molecule has 0 saturated heterocycles. The minimum absolute atomic E-state index is 0.0608. The molecule has 0 bridgehead atoms. The fourth-order valence-corrected chi connectivity index (χ4v) is 3.08. The molecule has 1 unspecified atom stereocenters. The molecule has 1 atom stereocenters. The maximum absolute atomic E-state index is 12.7. The summed E-state index contributed by atoms with van der Waals surface area (Å²) >= 11 is 0. The molecule has 27 heavy (non-hydrogen) atoms. The van der Waals surface area contributed by atoms with Crippen LogP contribution >= 0.6 is 0 Å². The Hall–Kier alpha value is -3.14. The van der Waals surface area contributed by atoms with E-state index in [0.29, 0.717) is 5.56 Å². The van der Waals surface area contributed by atoms with Crippen molar-refractivity contribution in [3.8, 4) is 0 Å². The van der Waals surface area contributed by atoms with Crippen LogP contribution in [0.3, 0.4) is 0 Å². The van der Waals surface area contributed by atoms with Gasteiger partial charge in [-0.2, -0.15) is 0 Å². The van der Waals surface area contributed by atoms with Crippen LogP contribution in [0, 0.1) is 6.92 Å². The summed E-state index contributed by atoms with van der Waals surface area (Å²) in [5.74, 6) is 0.665. The van der Waals surface area contributed by atoms with Gasteiger partial charge >= 0.3 is 0 Å². The van der Waals surface area contributed by atoms with Crippen molar-refractivity contribution in [1.82, 2.24) is 10.3 Å². The van der Waals surface area contributed by atoms with Crippen molar-refractivity contribution in [3.63, 3.8) is 0 Å². The van der Waals surface area contributed by atoms with Gasteiger partial charge in [-0.1, -0.05) is 42.5 Å². The van der Waals surface area contributed by atoms with E-state index in [1.807, 2.05) is 49.4 Å². The maximum Gasteiger partial charge on any atom is 0.251 e. The molecule has 138 valence electrons. The van der Waals surface area contributed by atoms with Crippen LogP contribution in [0.15, 0.2) is 72.9 Å². The predicted molar refractivity (Wildman–Crippen MR) is 110 cm³/mol. The van der Waals surface area contributed by atoms with Crippen LogP contribution in [0.5, 0.6) is 0 Å². The fraction of sp³-hybridized carbons (Fsp3) is 0.217. The number of rotatable bonds is 6. The Morgan fingerprint density at radius 3 is 2.56 bits per heavy atom. The lowest BCUT2D eigenvalue weighted by atomic mass is 10.1. The van der Waals surface area contributed by atoms with Gasteiger partial charge in [-0.3, -0.25) is 4.79 Å². The van der Waals surface area contributed by atoms with Gasteiger partial charge in [0.15, 0.2) is 0 Å². The van der Waals surface area contributed by atoms with Gasteiger partial charge in [0.1, 0.15) is 5.82 Å². The van der Waals surface area contributed by atoms with Crippen molar-refractivity contribution in [3.05, 3.63) is 89.6 Å². The number of nitrogens with zero attached hydrogens (tertiary/aromatic N) is 2. The Bertz CT molecular complexity index is 908. The molecule has 1 heterocycles. The van der Waals surface area contributed by atoms with Crippen LogP contribution in [0.25, 0.3) is 0 Å². The van der Waals surface area contributed by atoms with E-state index >= 15 is 0 Å². The molecular formula is C23H25N3O. The third kappa shape index (κ3) is 4.53.